The third kappa shape index (κ3) is 2.52. The van der Waals surface area contributed by atoms with Gasteiger partial charge in [0.2, 0.25) is 5.78 Å². The van der Waals surface area contributed by atoms with Crippen molar-refractivity contribution in [2.75, 3.05) is 13.2 Å². The molecule has 7 nitrogen and oxygen atoms in total. The summed E-state index contributed by atoms with van der Waals surface area (Å²) >= 11 is 0. The minimum atomic E-state index is -0.484. The number of fused-ring (bicyclic) bond motifs is 2. The first-order chi connectivity index (χ1) is 10.7. The molecule has 1 aliphatic carbocycles. The second kappa shape index (κ2) is 6.34. The monoisotopic (exact) mass is 542 g/mol. The van der Waals surface area contributed by atoms with Crippen molar-refractivity contribution in [2.45, 2.75) is 37.9 Å². The summed E-state index contributed by atoms with van der Waals surface area (Å²) in [5, 5.41) is 0. The molecule has 0 unspecified atom stereocenters. The number of nitrogens with zero attached hydrogens (tertiary/aromatic N) is 3. The summed E-state index contributed by atoms with van der Waals surface area (Å²) in [5.41, 5.74) is -0.603. The van der Waals surface area contributed by atoms with Crippen LogP contribution < -0.4 is 5.56 Å². The van der Waals surface area contributed by atoms with Gasteiger partial charge in [-0.15, -0.1) is 0 Å². The van der Waals surface area contributed by atoms with E-state index in [9.17, 15) is 4.79 Å². The normalized spacial score (nSPS) is 31.8. The van der Waals surface area contributed by atoms with Gasteiger partial charge in [0.25, 0.3) is 5.56 Å². The summed E-state index contributed by atoms with van der Waals surface area (Å²) in [7, 11) is 0. The van der Waals surface area contributed by atoms with Crippen LogP contribution in [0.1, 0.15) is 20.1 Å². The predicted octanol–water partition coefficient (Wildman–Crippen LogP) is 0.792. The fourth-order valence-corrected chi connectivity index (χ4v) is 3.25. The quantitative estimate of drug-likeness (QED) is 0.524. The van der Waals surface area contributed by atoms with Crippen LogP contribution in [0.2, 0.25) is 0 Å². The molecule has 0 radical (unpaired) electrons. The van der Waals surface area contributed by atoms with Crippen molar-refractivity contribution >= 4 is 5.78 Å². The van der Waals surface area contributed by atoms with E-state index in [-0.39, 0.29) is 55.1 Å². The van der Waals surface area contributed by atoms with Crippen molar-refractivity contribution in [3.8, 4) is 0 Å². The molecule has 4 atom stereocenters. The number of hydrogen-bond donors (Lipinski definition) is 0. The van der Waals surface area contributed by atoms with E-state index in [0.717, 1.165) is 0 Å². The summed E-state index contributed by atoms with van der Waals surface area (Å²) in [4.78, 5) is 16.1. The SMILES string of the molecule is CCO[C@H]1[C@H](n2ccc(=O)n3ccnc23)O[C@@H]2[CH-][C@@]21OCC.[U]. The number of aromatic nitrogens is 3. The van der Waals surface area contributed by atoms with Gasteiger partial charge in [0.15, 0.2) is 6.23 Å². The van der Waals surface area contributed by atoms with Gasteiger partial charge in [0.1, 0.15) is 6.10 Å². The van der Waals surface area contributed by atoms with E-state index < -0.39 is 5.60 Å². The minimum Gasteiger partial charge on any atom is -0.404 e. The molecular formula is C15H18N3O4U-. The number of imidazole rings is 1. The third-order valence-electron chi connectivity index (χ3n) is 4.22. The van der Waals surface area contributed by atoms with E-state index in [0.29, 0.717) is 19.0 Å². The fraction of sp³-hybridized carbons (Fsp3) is 0.533. The van der Waals surface area contributed by atoms with Crippen LogP contribution in [0.25, 0.3) is 5.78 Å². The zero-order valence-corrected chi connectivity index (χ0v) is 17.2. The van der Waals surface area contributed by atoms with Crippen LogP contribution in [-0.2, 0) is 14.2 Å². The topological polar surface area (TPSA) is 67.0 Å². The van der Waals surface area contributed by atoms with Gasteiger partial charge >= 0.3 is 0 Å². The summed E-state index contributed by atoms with van der Waals surface area (Å²) in [5.74, 6) is 0.537. The molecule has 0 aromatic carbocycles. The molecule has 2 fully saturated rings. The molecule has 122 valence electrons. The van der Waals surface area contributed by atoms with E-state index in [1.54, 1.807) is 18.6 Å². The Balaban J connectivity index is 0.00000156. The Morgan fingerprint density at radius 3 is 2.96 bits per heavy atom. The molecule has 0 bridgehead atoms. The van der Waals surface area contributed by atoms with Crippen molar-refractivity contribution in [1.29, 1.82) is 0 Å². The van der Waals surface area contributed by atoms with Crippen LogP contribution in [0.3, 0.4) is 0 Å². The molecule has 0 spiro atoms. The zero-order valence-electron chi connectivity index (χ0n) is 13.0. The van der Waals surface area contributed by atoms with Gasteiger partial charge in [-0.1, -0.05) is 6.10 Å². The van der Waals surface area contributed by atoms with Crippen molar-refractivity contribution in [3.05, 3.63) is 41.4 Å². The molecular weight excluding hydrogens is 524 g/mol. The number of hydrogen-bond acceptors (Lipinski definition) is 5. The van der Waals surface area contributed by atoms with Crippen LogP contribution in [0.4, 0.5) is 0 Å². The number of ether oxygens (including phenoxy) is 3. The summed E-state index contributed by atoms with van der Waals surface area (Å²) in [6, 6.07) is 1.50. The first kappa shape index (κ1) is 17.2. The summed E-state index contributed by atoms with van der Waals surface area (Å²) in [6.07, 6.45) is 6.26. The summed E-state index contributed by atoms with van der Waals surface area (Å²) in [6.45, 7) is 5.06. The van der Waals surface area contributed by atoms with Crippen molar-refractivity contribution < 1.29 is 45.3 Å². The van der Waals surface area contributed by atoms with E-state index in [1.165, 1.54) is 10.5 Å². The fourth-order valence-electron chi connectivity index (χ4n) is 3.25. The minimum absolute atomic E-state index is 0. The molecule has 3 heterocycles. The Kier molecular flexibility index (Phi) is 4.74. The van der Waals surface area contributed by atoms with E-state index in [2.05, 4.69) is 4.98 Å². The summed E-state index contributed by atoms with van der Waals surface area (Å²) < 4.78 is 21.2. The molecule has 2 aromatic rings. The maximum Gasteiger partial charge on any atom is 0.258 e. The first-order valence-electron chi connectivity index (χ1n) is 7.52. The third-order valence-corrected chi connectivity index (χ3v) is 4.22. The van der Waals surface area contributed by atoms with Gasteiger partial charge in [-0.3, -0.25) is 20.2 Å². The van der Waals surface area contributed by atoms with E-state index in [4.69, 9.17) is 14.2 Å². The van der Waals surface area contributed by atoms with Gasteiger partial charge in [0, 0.05) is 69.0 Å². The Morgan fingerprint density at radius 2 is 2.22 bits per heavy atom. The van der Waals surface area contributed by atoms with Crippen LogP contribution in [0.15, 0.2) is 29.5 Å². The Hall–Kier alpha value is -0.648. The van der Waals surface area contributed by atoms with Gasteiger partial charge in [-0.25, -0.2) is 4.98 Å². The average Bonchev–Trinajstić information content (AvgIpc) is 2.86. The van der Waals surface area contributed by atoms with Crippen LogP contribution in [0, 0.1) is 37.5 Å². The van der Waals surface area contributed by atoms with Gasteiger partial charge in [0.05, 0.1) is 0 Å². The molecule has 2 aliphatic rings. The van der Waals surface area contributed by atoms with Gasteiger partial charge < -0.3 is 14.2 Å². The molecule has 0 N–H and O–H groups in total. The molecule has 8 heteroatoms. The van der Waals surface area contributed by atoms with Crippen LogP contribution in [-0.4, -0.2) is 45.0 Å². The van der Waals surface area contributed by atoms with Crippen molar-refractivity contribution in [1.82, 2.24) is 14.0 Å². The Morgan fingerprint density at radius 1 is 1.39 bits per heavy atom. The standard InChI is InChI=1S/C15H18N3O4.U/c1-3-20-12-13(22-10-9-15(10,12)21-4-2)18-7-5-11(19)17-8-6-16-14(17)18;/h5-10,12-13H,3-4H2,1-2H3;/q-1;/t10-,12+,13-,15-;/m1./s1. The maximum atomic E-state index is 11.9. The Bertz CT molecular complexity index is 761. The van der Waals surface area contributed by atoms with E-state index in [1.807, 2.05) is 24.8 Å². The average molecular weight is 542 g/mol. The molecule has 23 heavy (non-hydrogen) atoms. The Labute approximate surface area is 157 Å². The molecule has 0 amide bonds. The van der Waals surface area contributed by atoms with Gasteiger partial charge in [-0.2, -0.15) is 0 Å². The zero-order chi connectivity index (χ0) is 15.3. The van der Waals surface area contributed by atoms with E-state index >= 15 is 0 Å². The first-order valence-corrected chi connectivity index (χ1v) is 7.52. The molecule has 1 saturated carbocycles. The largest absolute Gasteiger partial charge is 0.404 e. The molecule has 1 aliphatic heterocycles. The second-order valence-electron chi connectivity index (χ2n) is 5.43. The predicted molar refractivity (Wildman–Crippen MR) is 77.4 cm³/mol. The number of rotatable bonds is 5. The second-order valence-corrected chi connectivity index (χ2v) is 5.43. The van der Waals surface area contributed by atoms with Crippen LogP contribution in [0.5, 0.6) is 0 Å². The molecule has 4 rings (SSSR count). The van der Waals surface area contributed by atoms with Crippen molar-refractivity contribution in [2.24, 2.45) is 0 Å². The molecule has 2 aromatic heterocycles. The van der Waals surface area contributed by atoms with Crippen LogP contribution >= 0.6 is 0 Å². The molecule has 1 saturated heterocycles. The van der Waals surface area contributed by atoms with Gasteiger partial charge in [-0.05, 0) is 19.4 Å². The maximum absolute atomic E-state index is 11.9. The smallest absolute Gasteiger partial charge is 0.258 e. The van der Waals surface area contributed by atoms with Crippen molar-refractivity contribution in [3.63, 3.8) is 0 Å².